The molecule has 0 saturated heterocycles. The predicted molar refractivity (Wildman–Crippen MR) is 66.6 cm³/mol. The van der Waals surface area contributed by atoms with Crippen molar-refractivity contribution in [3.63, 3.8) is 0 Å². The van der Waals surface area contributed by atoms with E-state index in [2.05, 4.69) is 4.57 Å². The highest BCUT2D eigenvalue weighted by atomic mass is 35.5. The summed E-state index contributed by atoms with van der Waals surface area (Å²) in [6.45, 7) is 0.893. The van der Waals surface area contributed by atoms with Crippen LogP contribution in [0.25, 0.3) is 10.9 Å². The van der Waals surface area contributed by atoms with Crippen LogP contribution in [0.5, 0.6) is 0 Å². The van der Waals surface area contributed by atoms with Crippen molar-refractivity contribution in [1.29, 1.82) is 0 Å². The molecule has 0 bridgehead atoms. The number of carboxylic acid groups (broad SMARTS) is 1. The van der Waals surface area contributed by atoms with Crippen LogP contribution in [0.1, 0.15) is 24.5 Å². The summed E-state index contributed by atoms with van der Waals surface area (Å²) < 4.78 is 2.11. The highest BCUT2D eigenvalue weighted by Gasteiger charge is 2.27. The van der Waals surface area contributed by atoms with E-state index >= 15 is 0 Å². The van der Waals surface area contributed by atoms with Gasteiger partial charge in [-0.3, -0.25) is 4.79 Å². The van der Waals surface area contributed by atoms with Gasteiger partial charge in [0, 0.05) is 28.2 Å². The summed E-state index contributed by atoms with van der Waals surface area (Å²) in [5.74, 6) is -1.12. The van der Waals surface area contributed by atoms with Crippen molar-refractivity contribution in [1.82, 2.24) is 4.57 Å². The molecular weight excluding hydrogens is 238 g/mol. The zero-order chi connectivity index (χ0) is 12.0. The number of carboxylic acids is 1. The molecule has 3 rings (SSSR count). The summed E-state index contributed by atoms with van der Waals surface area (Å²) >= 11 is 5.96. The number of hydrogen-bond donors (Lipinski definition) is 1. The maximum Gasteiger partial charge on any atom is 0.312 e. The molecule has 88 valence electrons. The van der Waals surface area contributed by atoms with Crippen LogP contribution < -0.4 is 0 Å². The maximum atomic E-state index is 11.2. The first-order valence-electron chi connectivity index (χ1n) is 5.68. The Bertz CT molecular complexity index is 603. The van der Waals surface area contributed by atoms with Gasteiger partial charge >= 0.3 is 5.97 Å². The summed E-state index contributed by atoms with van der Waals surface area (Å²) in [4.78, 5) is 11.2. The topological polar surface area (TPSA) is 42.2 Å². The molecule has 2 aromatic rings. The van der Waals surface area contributed by atoms with E-state index in [9.17, 15) is 9.90 Å². The molecular formula is C13H12ClNO2. The van der Waals surface area contributed by atoms with Crippen molar-refractivity contribution in [3.05, 3.63) is 35.0 Å². The van der Waals surface area contributed by atoms with Crippen LogP contribution >= 0.6 is 11.6 Å². The third-order valence-electron chi connectivity index (χ3n) is 3.43. The summed E-state index contributed by atoms with van der Waals surface area (Å²) in [5.41, 5.74) is 1.98. The smallest absolute Gasteiger partial charge is 0.312 e. The van der Waals surface area contributed by atoms with Gasteiger partial charge in [-0.15, -0.1) is 0 Å². The van der Waals surface area contributed by atoms with Gasteiger partial charge < -0.3 is 9.67 Å². The van der Waals surface area contributed by atoms with Crippen molar-refractivity contribution in [3.8, 4) is 0 Å². The molecule has 0 aliphatic carbocycles. The zero-order valence-electron chi connectivity index (χ0n) is 9.19. The first-order chi connectivity index (χ1) is 8.16. The fourth-order valence-electron chi connectivity index (χ4n) is 2.65. The van der Waals surface area contributed by atoms with Crippen LogP contribution in [0, 0.1) is 0 Å². The molecule has 4 heteroatoms. The first-order valence-corrected chi connectivity index (χ1v) is 6.06. The van der Waals surface area contributed by atoms with Gasteiger partial charge in [-0.05, 0) is 37.1 Å². The Morgan fingerprint density at radius 3 is 3.00 bits per heavy atom. The molecule has 1 aromatic heterocycles. The Labute approximate surface area is 104 Å². The van der Waals surface area contributed by atoms with Gasteiger partial charge in [-0.25, -0.2) is 0 Å². The minimum atomic E-state index is -0.736. The van der Waals surface area contributed by atoms with Gasteiger partial charge in [0.25, 0.3) is 0 Å². The maximum absolute atomic E-state index is 11.2. The van der Waals surface area contributed by atoms with Crippen LogP contribution in [-0.2, 0) is 11.3 Å². The Morgan fingerprint density at radius 2 is 2.24 bits per heavy atom. The van der Waals surface area contributed by atoms with Gasteiger partial charge in [-0.2, -0.15) is 0 Å². The third kappa shape index (κ3) is 1.62. The Morgan fingerprint density at radius 1 is 1.41 bits per heavy atom. The SMILES string of the molecule is O=C(O)C1CCCn2c1cc1cc(Cl)ccc12. The van der Waals surface area contributed by atoms with E-state index < -0.39 is 5.97 Å². The predicted octanol–water partition coefficient (Wildman–Crippen LogP) is 3.26. The molecule has 1 aromatic carbocycles. The van der Waals surface area contributed by atoms with Crippen LogP contribution in [0.2, 0.25) is 5.02 Å². The third-order valence-corrected chi connectivity index (χ3v) is 3.66. The lowest BCUT2D eigenvalue weighted by atomic mass is 9.96. The summed E-state index contributed by atoms with van der Waals surface area (Å²) in [6, 6.07) is 7.66. The second kappa shape index (κ2) is 3.77. The second-order valence-corrected chi connectivity index (χ2v) is 4.89. The largest absolute Gasteiger partial charge is 0.481 e. The van der Waals surface area contributed by atoms with Crippen molar-refractivity contribution in [2.45, 2.75) is 25.3 Å². The highest BCUT2D eigenvalue weighted by Crippen LogP contribution is 2.34. The monoisotopic (exact) mass is 249 g/mol. The number of aryl methyl sites for hydroxylation is 1. The Kier molecular flexibility index (Phi) is 2.37. The van der Waals surface area contributed by atoms with E-state index in [4.69, 9.17) is 11.6 Å². The molecule has 1 aliphatic rings. The van der Waals surface area contributed by atoms with Gasteiger partial charge in [0.1, 0.15) is 0 Å². The van der Waals surface area contributed by atoms with Crippen molar-refractivity contribution < 1.29 is 9.90 Å². The Balaban J connectivity index is 2.24. The van der Waals surface area contributed by atoms with Crippen LogP contribution in [-0.4, -0.2) is 15.6 Å². The number of rotatable bonds is 1. The Hall–Kier alpha value is -1.48. The number of hydrogen-bond acceptors (Lipinski definition) is 1. The lowest BCUT2D eigenvalue weighted by Crippen LogP contribution is -2.21. The van der Waals surface area contributed by atoms with E-state index in [-0.39, 0.29) is 5.92 Å². The van der Waals surface area contributed by atoms with Gasteiger partial charge in [0.05, 0.1) is 5.92 Å². The summed E-state index contributed by atoms with van der Waals surface area (Å²) in [6.07, 6.45) is 1.63. The normalized spacial score (nSPS) is 19.2. The molecule has 1 aliphatic heterocycles. The summed E-state index contributed by atoms with van der Waals surface area (Å²) in [7, 11) is 0. The number of carbonyl (C=O) groups is 1. The van der Waals surface area contributed by atoms with Gasteiger partial charge in [0.2, 0.25) is 0 Å². The first kappa shape index (κ1) is 10.7. The number of halogens is 1. The van der Waals surface area contributed by atoms with E-state index in [1.807, 2.05) is 24.3 Å². The van der Waals surface area contributed by atoms with E-state index in [1.165, 1.54) is 0 Å². The molecule has 3 nitrogen and oxygen atoms in total. The molecule has 0 amide bonds. The minimum absolute atomic E-state index is 0.380. The molecule has 1 atom stereocenters. The highest BCUT2D eigenvalue weighted by molar-refractivity contribution is 6.31. The lowest BCUT2D eigenvalue weighted by molar-refractivity contribution is -0.139. The number of aliphatic carboxylic acids is 1. The van der Waals surface area contributed by atoms with Crippen molar-refractivity contribution in [2.24, 2.45) is 0 Å². The second-order valence-electron chi connectivity index (χ2n) is 4.46. The number of aromatic nitrogens is 1. The number of nitrogens with zero attached hydrogens (tertiary/aromatic N) is 1. The number of fused-ring (bicyclic) bond motifs is 3. The summed E-state index contributed by atoms with van der Waals surface area (Å²) in [5, 5.41) is 10.9. The van der Waals surface area contributed by atoms with Crippen LogP contribution in [0.3, 0.4) is 0 Å². The fourth-order valence-corrected chi connectivity index (χ4v) is 2.83. The minimum Gasteiger partial charge on any atom is -0.481 e. The van der Waals surface area contributed by atoms with Crippen LogP contribution in [0.4, 0.5) is 0 Å². The van der Waals surface area contributed by atoms with Crippen molar-refractivity contribution in [2.75, 3.05) is 0 Å². The van der Waals surface area contributed by atoms with Gasteiger partial charge in [-0.1, -0.05) is 11.6 Å². The molecule has 0 saturated carbocycles. The molecule has 1 N–H and O–H groups in total. The molecule has 17 heavy (non-hydrogen) atoms. The quantitative estimate of drug-likeness (QED) is 0.843. The average Bonchev–Trinajstić information content (AvgIpc) is 2.65. The molecule has 2 heterocycles. The van der Waals surface area contributed by atoms with Crippen molar-refractivity contribution >= 4 is 28.5 Å². The van der Waals surface area contributed by atoms with E-state index in [0.29, 0.717) is 5.02 Å². The zero-order valence-corrected chi connectivity index (χ0v) is 9.94. The average molecular weight is 250 g/mol. The molecule has 0 fully saturated rings. The van der Waals surface area contributed by atoms with Gasteiger partial charge in [0.15, 0.2) is 0 Å². The van der Waals surface area contributed by atoms with Crippen LogP contribution in [0.15, 0.2) is 24.3 Å². The molecule has 0 radical (unpaired) electrons. The molecule has 1 unspecified atom stereocenters. The fraction of sp³-hybridized carbons (Fsp3) is 0.308. The molecule has 0 spiro atoms. The standard InChI is InChI=1S/C13H12ClNO2/c14-9-3-4-11-8(6-9)7-12-10(13(16)17)2-1-5-15(11)12/h3-4,6-7,10H,1-2,5H2,(H,16,17). The number of benzene rings is 1. The van der Waals surface area contributed by atoms with E-state index in [0.717, 1.165) is 36.0 Å². The lowest BCUT2D eigenvalue weighted by Gasteiger charge is -2.22. The van der Waals surface area contributed by atoms with E-state index in [1.54, 1.807) is 0 Å².